The molecule has 98 valence electrons. The van der Waals surface area contributed by atoms with Gasteiger partial charge in [0.15, 0.2) is 0 Å². The minimum Gasteiger partial charge on any atom is -0.380 e. The molecule has 0 bridgehead atoms. The summed E-state index contributed by atoms with van der Waals surface area (Å²) < 4.78 is 13.8. The summed E-state index contributed by atoms with van der Waals surface area (Å²) in [6, 6.07) is 5.13. The number of nitrogens with two attached hydrogens (primary N) is 1. The number of primary amides is 1. The van der Waals surface area contributed by atoms with Gasteiger partial charge < -0.3 is 16.0 Å². The van der Waals surface area contributed by atoms with Crippen LogP contribution in [0.2, 0.25) is 0 Å². The zero-order valence-corrected chi connectivity index (χ0v) is 10.4. The highest BCUT2D eigenvalue weighted by atomic mass is 19.1. The summed E-state index contributed by atoms with van der Waals surface area (Å²) in [6.45, 7) is 3.00. The maximum atomic E-state index is 13.8. The van der Waals surface area contributed by atoms with Crippen LogP contribution in [0.1, 0.15) is 18.4 Å². The van der Waals surface area contributed by atoms with E-state index in [4.69, 9.17) is 5.73 Å². The van der Waals surface area contributed by atoms with Gasteiger partial charge in [0, 0.05) is 19.1 Å². The van der Waals surface area contributed by atoms with Crippen molar-refractivity contribution in [3.63, 3.8) is 0 Å². The zero-order valence-electron chi connectivity index (χ0n) is 10.4. The predicted molar refractivity (Wildman–Crippen MR) is 68.9 cm³/mol. The number of carbonyl (C=O) groups excluding carboxylic acids is 1. The van der Waals surface area contributed by atoms with Gasteiger partial charge in [-0.1, -0.05) is 12.1 Å². The Hall–Kier alpha value is -1.78. The van der Waals surface area contributed by atoms with E-state index in [9.17, 15) is 9.18 Å². The second-order valence-corrected chi connectivity index (χ2v) is 4.68. The van der Waals surface area contributed by atoms with Crippen LogP contribution in [0, 0.1) is 12.7 Å². The van der Waals surface area contributed by atoms with Crippen LogP contribution in [0.25, 0.3) is 0 Å². The van der Waals surface area contributed by atoms with E-state index < -0.39 is 0 Å². The van der Waals surface area contributed by atoms with Crippen molar-refractivity contribution in [2.45, 2.75) is 25.8 Å². The van der Waals surface area contributed by atoms with Crippen molar-refractivity contribution in [3.05, 3.63) is 29.6 Å². The Bertz CT molecular complexity index is 442. The van der Waals surface area contributed by atoms with Gasteiger partial charge in [0.1, 0.15) is 5.82 Å². The molecule has 2 rings (SSSR count). The van der Waals surface area contributed by atoms with Gasteiger partial charge in [-0.15, -0.1) is 0 Å². The lowest BCUT2D eigenvalue weighted by Gasteiger charge is -2.31. The van der Waals surface area contributed by atoms with Gasteiger partial charge in [-0.2, -0.15) is 0 Å². The SMILES string of the molecule is Cc1cccc(NC2CCN(C(N)=O)CC2)c1F. The van der Waals surface area contributed by atoms with Gasteiger partial charge in [0.25, 0.3) is 0 Å². The van der Waals surface area contributed by atoms with E-state index >= 15 is 0 Å². The summed E-state index contributed by atoms with van der Waals surface area (Å²) in [4.78, 5) is 12.6. The average molecular weight is 251 g/mol. The van der Waals surface area contributed by atoms with Gasteiger partial charge in [0.05, 0.1) is 5.69 Å². The topological polar surface area (TPSA) is 58.4 Å². The van der Waals surface area contributed by atoms with Crippen molar-refractivity contribution >= 4 is 11.7 Å². The van der Waals surface area contributed by atoms with Crippen LogP contribution in [0.5, 0.6) is 0 Å². The number of aryl methyl sites for hydroxylation is 1. The Morgan fingerprint density at radius 2 is 2.11 bits per heavy atom. The van der Waals surface area contributed by atoms with Crippen LogP contribution in [0.15, 0.2) is 18.2 Å². The first-order valence-corrected chi connectivity index (χ1v) is 6.14. The summed E-state index contributed by atoms with van der Waals surface area (Å²) >= 11 is 0. The number of piperidine rings is 1. The quantitative estimate of drug-likeness (QED) is 0.845. The number of hydrogen-bond acceptors (Lipinski definition) is 2. The van der Waals surface area contributed by atoms with Crippen molar-refractivity contribution < 1.29 is 9.18 Å². The van der Waals surface area contributed by atoms with Crippen molar-refractivity contribution in [1.29, 1.82) is 0 Å². The van der Waals surface area contributed by atoms with Crippen molar-refractivity contribution in [2.75, 3.05) is 18.4 Å². The number of benzene rings is 1. The highest BCUT2D eigenvalue weighted by Crippen LogP contribution is 2.21. The minimum atomic E-state index is -0.379. The molecule has 18 heavy (non-hydrogen) atoms. The van der Waals surface area contributed by atoms with Crippen LogP contribution in [-0.4, -0.2) is 30.1 Å². The van der Waals surface area contributed by atoms with Crippen molar-refractivity contribution in [1.82, 2.24) is 4.90 Å². The molecule has 1 aliphatic rings. The van der Waals surface area contributed by atoms with E-state index in [0.717, 1.165) is 12.8 Å². The molecule has 0 radical (unpaired) electrons. The number of nitrogens with zero attached hydrogens (tertiary/aromatic N) is 1. The number of carbonyl (C=O) groups is 1. The minimum absolute atomic E-state index is 0.192. The van der Waals surface area contributed by atoms with Crippen LogP contribution in [0.4, 0.5) is 14.9 Å². The third-order valence-electron chi connectivity index (χ3n) is 3.36. The van der Waals surface area contributed by atoms with E-state index in [1.54, 1.807) is 24.0 Å². The molecule has 1 aromatic carbocycles. The molecule has 0 aliphatic carbocycles. The third kappa shape index (κ3) is 2.72. The number of urea groups is 1. The molecule has 0 atom stereocenters. The molecular formula is C13H18FN3O. The maximum Gasteiger partial charge on any atom is 0.314 e. The van der Waals surface area contributed by atoms with Crippen molar-refractivity contribution in [2.24, 2.45) is 5.73 Å². The summed E-state index contributed by atoms with van der Waals surface area (Å²) in [5, 5.41) is 3.20. The Morgan fingerprint density at radius 3 is 2.72 bits per heavy atom. The van der Waals surface area contributed by atoms with Gasteiger partial charge in [-0.05, 0) is 31.4 Å². The second-order valence-electron chi connectivity index (χ2n) is 4.68. The monoisotopic (exact) mass is 251 g/mol. The fourth-order valence-electron chi connectivity index (χ4n) is 2.22. The molecular weight excluding hydrogens is 233 g/mol. The Morgan fingerprint density at radius 1 is 1.44 bits per heavy atom. The van der Waals surface area contributed by atoms with E-state index in [0.29, 0.717) is 24.3 Å². The summed E-state index contributed by atoms with van der Waals surface area (Å²) in [6.07, 6.45) is 1.58. The molecule has 1 heterocycles. The van der Waals surface area contributed by atoms with E-state index in [1.165, 1.54) is 0 Å². The van der Waals surface area contributed by atoms with Gasteiger partial charge in [-0.25, -0.2) is 9.18 Å². The fraction of sp³-hybridized carbons (Fsp3) is 0.462. The smallest absolute Gasteiger partial charge is 0.314 e. The molecule has 3 N–H and O–H groups in total. The molecule has 2 amide bonds. The molecule has 0 aromatic heterocycles. The van der Waals surface area contributed by atoms with Crippen LogP contribution >= 0.6 is 0 Å². The van der Waals surface area contributed by atoms with Crippen LogP contribution in [-0.2, 0) is 0 Å². The molecule has 0 spiro atoms. The van der Waals surface area contributed by atoms with Gasteiger partial charge in [0.2, 0.25) is 0 Å². The maximum absolute atomic E-state index is 13.8. The number of likely N-dealkylation sites (tertiary alicyclic amines) is 1. The molecule has 4 nitrogen and oxygen atoms in total. The molecule has 1 aromatic rings. The molecule has 5 heteroatoms. The molecule has 1 fully saturated rings. The lowest BCUT2D eigenvalue weighted by atomic mass is 10.0. The molecule has 1 aliphatic heterocycles. The fourth-order valence-corrected chi connectivity index (χ4v) is 2.22. The normalized spacial score (nSPS) is 16.7. The van der Waals surface area contributed by atoms with E-state index in [2.05, 4.69) is 5.32 Å². The largest absolute Gasteiger partial charge is 0.380 e. The Labute approximate surface area is 106 Å². The summed E-state index contributed by atoms with van der Waals surface area (Å²) in [5.74, 6) is -0.199. The number of anilines is 1. The molecule has 1 saturated heterocycles. The van der Waals surface area contributed by atoms with Crippen molar-refractivity contribution in [3.8, 4) is 0 Å². The Kier molecular flexibility index (Phi) is 3.69. The highest BCUT2D eigenvalue weighted by Gasteiger charge is 2.21. The third-order valence-corrected chi connectivity index (χ3v) is 3.36. The summed E-state index contributed by atoms with van der Waals surface area (Å²) in [5.41, 5.74) is 6.38. The first-order valence-electron chi connectivity index (χ1n) is 6.14. The standard InChI is InChI=1S/C13H18FN3O/c1-9-3-2-4-11(12(9)14)16-10-5-7-17(8-6-10)13(15)18/h2-4,10,16H,5-8H2,1H3,(H2,15,18). The number of nitrogens with one attached hydrogen (secondary N) is 1. The summed E-state index contributed by atoms with van der Waals surface area (Å²) in [7, 11) is 0. The van der Waals surface area contributed by atoms with E-state index in [1.807, 2.05) is 6.07 Å². The highest BCUT2D eigenvalue weighted by molar-refractivity contribution is 5.72. The lowest BCUT2D eigenvalue weighted by Crippen LogP contribution is -2.44. The lowest BCUT2D eigenvalue weighted by molar-refractivity contribution is 0.193. The van der Waals surface area contributed by atoms with Crippen LogP contribution < -0.4 is 11.1 Å². The Balaban J connectivity index is 1.96. The van der Waals surface area contributed by atoms with E-state index in [-0.39, 0.29) is 17.9 Å². The first-order chi connectivity index (χ1) is 8.58. The first kappa shape index (κ1) is 12.7. The van der Waals surface area contributed by atoms with Gasteiger partial charge in [-0.3, -0.25) is 0 Å². The molecule has 0 unspecified atom stereocenters. The van der Waals surface area contributed by atoms with Crippen LogP contribution in [0.3, 0.4) is 0 Å². The second kappa shape index (κ2) is 5.25. The number of amides is 2. The number of halogens is 1. The zero-order chi connectivity index (χ0) is 13.1. The number of hydrogen-bond donors (Lipinski definition) is 2. The predicted octanol–water partition coefficient (Wildman–Crippen LogP) is 2.09. The van der Waals surface area contributed by atoms with Gasteiger partial charge >= 0.3 is 6.03 Å². The number of rotatable bonds is 2. The molecule has 0 saturated carbocycles. The average Bonchev–Trinajstić information content (AvgIpc) is 2.36.